The van der Waals surface area contributed by atoms with Gasteiger partial charge in [0.15, 0.2) is 0 Å². The minimum absolute atomic E-state index is 0.00935. The number of phosphoric ester groups is 1. The fraction of sp³-hybridized carbons (Fsp3) is 0.753. The van der Waals surface area contributed by atoms with E-state index < -0.39 is 26.6 Å². The average Bonchev–Trinajstić information content (AvgIpc) is 1.77. The summed E-state index contributed by atoms with van der Waals surface area (Å²) in [6.07, 6.45) is 111. The van der Waals surface area contributed by atoms with Crippen molar-refractivity contribution in [3.8, 4) is 0 Å². The Hall–Kier alpha value is -3.10. The van der Waals surface area contributed by atoms with Gasteiger partial charge in [-0.25, -0.2) is 0 Å². The number of nitrogens with zero attached hydrogens (tertiary/aromatic N) is 1. The second-order valence-corrected chi connectivity index (χ2v) is 29.4. The minimum atomic E-state index is -4.62. The molecule has 0 aromatic heterocycles. The van der Waals surface area contributed by atoms with Gasteiger partial charge in [-0.15, -0.1) is 0 Å². The minimum Gasteiger partial charge on any atom is -0.756 e. The summed E-state index contributed by atoms with van der Waals surface area (Å²) in [5.41, 5.74) is 0. The smallest absolute Gasteiger partial charge is 0.268 e. The third kappa shape index (κ3) is 76.3. The molecule has 9 heteroatoms. The second-order valence-electron chi connectivity index (χ2n) is 28.0. The van der Waals surface area contributed by atoms with Gasteiger partial charge in [0, 0.05) is 6.42 Å². The molecule has 1 amide bonds. The number of aliphatic hydroxyl groups is 1. The van der Waals surface area contributed by atoms with E-state index in [4.69, 9.17) is 9.05 Å². The zero-order valence-corrected chi connectivity index (χ0v) is 63.3. The number of unbranched alkanes of at least 4 members (excludes halogenated alkanes) is 42. The molecule has 0 rings (SSSR count). The largest absolute Gasteiger partial charge is 0.756 e. The van der Waals surface area contributed by atoms with E-state index in [1.807, 2.05) is 27.2 Å². The van der Waals surface area contributed by atoms with Crippen LogP contribution in [0.2, 0.25) is 0 Å². The number of aliphatic hydroxyl groups excluding tert-OH is 1. The van der Waals surface area contributed by atoms with Crippen molar-refractivity contribution >= 4 is 13.7 Å². The van der Waals surface area contributed by atoms with Crippen molar-refractivity contribution < 1.29 is 32.9 Å². The first kappa shape index (κ1) is 90.9. The molecular weight excluding hydrogens is 1180 g/mol. The summed E-state index contributed by atoms with van der Waals surface area (Å²) >= 11 is 0. The SMILES string of the molecule is CC/C=C\C/C=C\C/C=C\C/C=C\C/C=C\C/C=C\C/C=C\C/C=C\CCCCCCCCCCCCCCCCCCC(=O)NC(COP(=O)([O-])OCC[N+](C)(C)C)C(O)/C=C/CC/C=C/CCCCCCCCCCCCCCCCCCCCCCCCCCC. The Labute approximate surface area is 584 Å². The van der Waals surface area contributed by atoms with Crippen molar-refractivity contribution in [1.82, 2.24) is 5.32 Å². The van der Waals surface area contributed by atoms with Gasteiger partial charge in [-0.3, -0.25) is 9.36 Å². The lowest BCUT2D eigenvalue weighted by molar-refractivity contribution is -0.870. The highest BCUT2D eigenvalue weighted by molar-refractivity contribution is 7.45. The number of nitrogens with one attached hydrogen (secondary N) is 1. The molecule has 0 heterocycles. The Bertz CT molecular complexity index is 1960. The van der Waals surface area contributed by atoms with E-state index in [1.54, 1.807) is 6.08 Å². The predicted octanol–water partition coefficient (Wildman–Crippen LogP) is 25.7. The number of likely N-dealkylation sites (N-methyl/N-ethyl adjacent to an activating group) is 1. The molecule has 0 aromatic rings. The number of phosphoric acid groups is 1. The van der Waals surface area contributed by atoms with Crippen LogP contribution in [0.4, 0.5) is 0 Å². The Morgan fingerprint density at radius 2 is 0.660 bits per heavy atom. The van der Waals surface area contributed by atoms with Crippen molar-refractivity contribution in [2.75, 3.05) is 40.9 Å². The molecule has 94 heavy (non-hydrogen) atoms. The number of hydrogen-bond acceptors (Lipinski definition) is 6. The molecule has 8 nitrogen and oxygen atoms in total. The van der Waals surface area contributed by atoms with Gasteiger partial charge in [0.1, 0.15) is 13.2 Å². The number of hydrogen-bond donors (Lipinski definition) is 2. The van der Waals surface area contributed by atoms with Crippen molar-refractivity contribution in [3.05, 3.63) is 122 Å². The molecule has 544 valence electrons. The fourth-order valence-corrected chi connectivity index (χ4v) is 12.3. The topological polar surface area (TPSA) is 108 Å². The molecular formula is C85H153N2O6P. The monoisotopic (exact) mass is 1330 g/mol. The number of amides is 1. The Balaban J connectivity index is 4.03. The summed E-state index contributed by atoms with van der Waals surface area (Å²) < 4.78 is 23.5. The second kappa shape index (κ2) is 74.1. The van der Waals surface area contributed by atoms with E-state index in [0.717, 1.165) is 89.9 Å². The van der Waals surface area contributed by atoms with Crippen LogP contribution in [0.1, 0.15) is 361 Å². The Morgan fingerprint density at radius 1 is 0.383 bits per heavy atom. The highest BCUT2D eigenvalue weighted by Gasteiger charge is 2.23. The normalized spacial score (nSPS) is 14.2. The number of carbonyl (C=O) groups excluding carboxylic acids is 1. The fourth-order valence-electron chi connectivity index (χ4n) is 11.5. The Kier molecular flexibility index (Phi) is 71.7. The number of quaternary nitrogens is 1. The van der Waals surface area contributed by atoms with Gasteiger partial charge >= 0.3 is 0 Å². The van der Waals surface area contributed by atoms with Crippen LogP contribution >= 0.6 is 7.82 Å². The molecule has 0 fully saturated rings. The van der Waals surface area contributed by atoms with E-state index in [-0.39, 0.29) is 12.5 Å². The van der Waals surface area contributed by atoms with Gasteiger partial charge in [0.2, 0.25) is 5.91 Å². The average molecular weight is 1330 g/mol. The molecule has 3 atom stereocenters. The zero-order chi connectivity index (χ0) is 68.3. The van der Waals surface area contributed by atoms with Crippen LogP contribution in [0.3, 0.4) is 0 Å². The molecule has 0 aromatic carbocycles. The molecule has 0 saturated heterocycles. The highest BCUT2D eigenvalue weighted by Crippen LogP contribution is 2.38. The van der Waals surface area contributed by atoms with E-state index in [9.17, 15) is 19.4 Å². The van der Waals surface area contributed by atoms with Gasteiger partial charge < -0.3 is 28.8 Å². The first-order chi connectivity index (χ1) is 46.0. The molecule has 0 radical (unpaired) electrons. The van der Waals surface area contributed by atoms with Crippen LogP contribution in [0.25, 0.3) is 0 Å². The van der Waals surface area contributed by atoms with Gasteiger partial charge in [-0.1, -0.05) is 379 Å². The summed E-state index contributed by atoms with van der Waals surface area (Å²) in [6, 6.07) is -0.912. The van der Waals surface area contributed by atoms with Gasteiger partial charge in [-0.2, -0.15) is 0 Å². The van der Waals surface area contributed by atoms with Crippen LogP contribution in [0.15, 0.2) is 122 Å². The van der Waals surface area contributed by atoms with E-state index in [0.29, 0.717) is 17.4 Å². The number of allylic oxidation sites excluding steroid dienone is 19. The lowest BCUT2D eigenvalue weighted by Gasteiger charge is -2.29. The number of carbonyl (C=O) groups is 1. The van der Waals surface area contributed by atoms with Crippen LogP contribution < -0.4 is 10.2 Å². The van der Waals surface area contributed by atoms with Crippen molar-refractivity contribution in [1.29, 1.82) is 0 Å². The lowest BCUT2D eigenvalue weighted by Crippen LogP contribution is -2.45. The van der Waals surface area contributed by atoms with Crippen molar-refractivity contribution in [2.24, 2.45) is 0 Å². The third-order valence-corrected chi connectivity index (χ3v) is 18.6. The quantitative estimate of drug-likeness (QED) is 0.0272. The third-order valence-electron chi connectivity index (χ3n) is 17.7. The van der Waals surface area contributed by atoms with Crippen molar-refractivity contribution in [2.45, 2.75) is 373 Å². The zero-order valence-electron chi connectivity index (χ0n) is 62.4. The van der Waals surface area contributed by atoms with Crippen LogP contribution in [-0.2, 0) is 18.4 Å². The highest BCUT2D eigenvalue weighted by atomic mass is 31.2. The summed E-state index contributed by atoms with van der Waals surface area (Å²) in [5, 5.41) is 14.0. The van der Waals surface area contributed by atoms with Crippen LogP contribution in [-0.4, -0.2) is 68.5 Å². The Morgan fingerprint density at radius 3 is 0.989 bits per heavy atom. The molecule has 0 spiro atoms. The maximum atomic E-state index is 13.1. The molecule has 0 aliphatic heterocycles. The summed E-state index contributed by atoms with van der Waals surface area (Å²) in [6.45, 7) is 4.55. The van der Waals surface area contributed by atoms with Crippen molar-refractivity contribution in [3.63, 3.8) is 0 Å². The standard InChI is InChI=1S/C85H153N2O6P/c1-6-8-10-12-14-16-18-20-22-24-26-28-30-32-34-36-38-39-40-41-42-43-44-45-46-47-49-51-53-55-57-59-61-63-65-67-69-71-73-75-77-79-85(89)86-83(82-93-94(90,91)92-81-80-87(3,4)5)84(88)78-76-74-72-70-68-66-64-62-60-58-56-54-52-50-48-37-35-33-31-29-27-25-23-21-19-17-15-13-11-9-7-2/h8,10,14,16,20,22,26,28,32,34,38-39,41-42,44-45,68,70,76,78,83-84,88H,6-7,9,11-13,15,17-19,21,23-25,27,29-31,33,35-37,40,43,46-67,69,71-75,77,79-82H2,1-5H3,(H-,86,89,90,91)/b10-8-,16-14-,22-20-,28-26-,34-32-,39-38-,42-41-,45-44-,70-68+,78-76+. The predicted molar refractivity (Wildman–Crippen MR) is 412 cm³/mol. The summed E-state index contributed by atoms with van der Waals surface area (Å²) in [4.78, 5) is 25.7. The molecule has 0 saturated carbocycles. The molecule has 2 N–H and O–H groups in total. The van der Waals surface area contributed by atoms with Gasteiger partial charge in [0.25, 0.3) is 7.82 Å². The maximum Gasteiger partial charge on any atom is 0.268 e. The molecule has 0 aliphatic rings. The lowest BCUT2D eigenvalue weighted by atomic mass is 10.0. The van der Waals surface area contributed by atoms with Gasteiger partial charge in [-0.05, 0) is 96.3 Å². The molecule has 0 bridgehead atoms. The molecule has 0 aliphatic carbocycles. The first-order valence-corrected chi connectivity index (χ1v) is 41.4. The van der Waals surface area contributed by atoms with E-state index in [1.165, 1.54) is 250 Å². The first-order valence-electron chi connectivity index (χ1n) is 39.9. The van der Waals surface area contributed by atoms with Crippen LogP contribution in [0.5, 0.6) is 0 Å². The number of rotatable bonds is 73. The molecule has 3 unspecified atom stereocenters. The van der Waals surface area contributed by atoms with E-state index in [2.05, 4.69) is 129 Å². The summed E-state index contributed by atoms with van der Waals surface area (Å²) in [5.74, 6) is -0.206. The van der Waals surface area contributed by atoms with Gasteiger partial charge in [0.05, 0.1) is 39.9 Å². The van der Waals surface area contributed by atoms with E-state index >= 15 is 0 Å². The maximum absolute atomic E-state index is 13.1. The van der Waals surface area contributed by atoms with Crippen LogP contribution in [0, 0.1) is 0 Å². The summed E-state index contributed by atoms with van der Waals surface area (Å²) in [7, 11) is 1.25.